The minimum Gasteiger partial charge on any atom is -0.339 e. The van der Waals surface area contributed by atoms with E-state index in [4.69, 9.17) is 4.98 Å². The summed E-state index contributed by atoms with van der Waals surface area (Å²) in [7, 11) is 0. The Morgan fingerprint density at radius 3 is 2.65 bits per heavy atom. The first kappa shape index (κ1) is 28.5. The molecule has 9 heteroatoms. The molecule has 1 saturated carbocycles. The van der Waals surface area contributed by atoms with E-state index in [0.717, 1.165) is 60.5 Å². The molecule has 1 aliphatic heterocycles. The Hall–Kier alpha value is -3.04. The SMILES string of the molecule is C=CC(=O)N1CC[C@]2(C1)C[C@@H](n1c(NC(=O)c3cnc(C(C)C)s3)nc3cc(CN[C@@H](C)C(C)(C)C)ccc31)C2. The topological polar surface area (TPSA) is 92.2 Å². The van der Waals surface area contributed by atoms with Gasteiger partial charge in [0.1, 0.15) is 4.88 Å². The normalized spacial score (nSPS) is 21.7. The molecule has 8 nitrogen and oxygen atoms in total. The number of thiazole rings is 1. The number of hydrogen-bond acceptors (Lipinski definition) is 6. The van der Waals surface area contributed by atoms with Gasteiger partial charge in [0.15, 0.2) is 0 Å². The highest BCUT2D eigenvalue weighted by atomic mass is 32.1. The van der Waals surface area contributed by atoms with Gasteiger partial charge in [-0.05, 0) is 60.8 Å². The van der Waals surface area contributed by atoms with Gasteiger partial charge in [0, 0.05) is 37.6 Å². The Labute approximate surface area is 241 Å². The average Bonchev–Trinajstić information content (AvgIpc) is 3.62. The van der Waals surface area contributed by atoms with Crippen LogP contribution in [-0.4, -0.2) is 50.4 Å². The first-order valence-electron chi connectivity index (χ1n) is 14.3. The number of nitrogens with one attached hydrogen (secondary N) is 2. The molecule has 0 bridgehead atoms. The van der Waals surface area contributed by atoms with Gasteiger partial charge in [-0.15, -0.1) is 11.3 Å². The molecule has 1 aromatic carbocycles. The van der Waals surface area contributed by atoms with Crippen molar-refractivity contribution in [2.24, 2.45) is 10.8 Å². The molecule has 40 heavy (non-hydrogen) atoms. The van der Waals surface area contributed by atoms with Crippen LogP contribution < -0.4 is 10.6 Å². The van der Waals surface area contributed by atoms with Crippen LogP contribution in [0.1, 0.15) is 93.0 Å². The minimum atomic E-state index is -0.181. The Kier molecular flexibility index (Phi) is 7.65. The number of carbonyl (C=O) groups is 2. The fraction of sp³-hybridized carbons (Fsp3) is 0.548. The maximum atomic E-state index is 13.3. The molecule has 2 aliphatic rings. The van der Waals surface area contributed by atoms with Crippen LogP contribution in [0, 0.1) is 10.8 Å². The number of amides is 2. The second kappa shape index (κ2) is 10.7. The quantitative estimate of drug-likeness (QED) is 0.322. The maximum absolute atomic E-state index is 13.3. The highest BCUT2D eigenvalue weighted by molar-refractivity contribution is 7.13. The van der Waals surface area contributed by atoms with Gasteiger partial charge in [-0.25, -0.2) is 9.97 Å². The molecule has 3 heterocycles. The zero-order valence-electron chi connectivity index (χ0n) is 24.6. The predicted octanol–water partition coefficient (Wildman–Crippen LogP) is 6.13. The van der Waals surface area contributed by atoms with Crippen molar-refractivity contribution in [1.82, 2.24) is 24.8 Å². The molecule has 0 unspecified atom stereocenters. The lowest BCUT2D eigenvalue weighted by Gasteiger charge is -2.46. The van der Waals surface area contributed by atoms with Gasteiger partial charge in [-0.3, -0.25) is 14.9 Å². The van der Waals surface area contributed by atoms with Gasteiger partial charge < -0.3 is 14.8 Å². The molecule has 1 aliphatic carbocycles. The zero-order valence-corrected chi connectivity index (χ0v) is 25.4. The summed E-state index contributed by atoms with van der Waals surface area (Å²) >= 11 is 1.43. The molecule has 2 N–H and O–H groups in total. The lowest BCUT2D eigenvalue weighted by atomic mass is 9.64. The van der Waals surface area contributed by atoms with Crippen molar-refractivity contribution in [1.29, 1.82) is 0 Å². The molecule has 2 fully saturated rings. The van der Waals surface area contributed by atoms with Gasteiger partial charge >= 0.3 is 0 Å². The van der Waals surface area contributed by atoms with Crippen molar-refractivity contribution in [2.75, 3.05) is 18.4 Å². The Bertz CT molecular complexity index is 1430. The highest BCUT2D eigenvalue weighted by Gasteiger charge is 2.50. The molecule has 0 radical (unpaired) electrons. The predicted molar refractivity (Wildman–Crippen MR) is 162 cm³/mol. The summed E-state index contributed by atoms with van der Waals surface area (Å²) in [4.78, 5) is 37.4. The largest absolute Gasteiger partial charge is 0.339 e. The van der Waals surface area contributed by atoms with Crippen LogP contribution in [0.4, 0.5) is 5.95 Å². The van der Waals surface area contributed by atoms with E-state index in [2.05, 4.69) is 86.5 Å². The number of hydrogen-bond donors (Lipinski definition) is 2. The number of likely N-dealkylation sites (tertiary alicyclic amines) is 1. The third-order valence-electron chi connectivity index (χ3n) is 8.76. The summed E-state index contributed by atoms with van der Waals surface area (Å²) < 4.78 is 2.20. The lowest BCUT2D eigenvalue weighted by Crippen LogP contribution is -2.42. The Balaban J connectivity index is 1.41. The number of benzene rings is 1. The smallest absolute Gasteiger partial charge is 0.269 e. The van der Waals surface area contributed by atoms with Crippen molar-refractivity contribution in [3.63, 3.8) is 0 Å². The summed E-state index contributed by atoms with van der Waals surface area (Å²) in [5, 5.41) is 7.69. The fourth-order valence-corrected chi connectivity index (χ4v) is 6.64. The Morgan fingerprint density at radius 1 is 1.25 bits per heavy atom. The van der Waals surface area contributed by atoms with Crippen LogP contribution in [0.15, 0.2) is 37.1 Å². The molecule has 2 amide bonds. The second-order valence-corrected chi connectivity index (χ2v) is 14.1. The van der Waals surface area contributed by atoms with Crippen LogP contribution in [0.3, 0.4) is 0 Å². The summed E-state index contributed by atoms with van der Waals surface area (Å²) in [5.41, 5.74) is 3.35. The van der Waals surface area contributed by atoms with E-state index in [1.807, 2.05) is 4.90 Å². The second-order valence-electron chi connectivity index (χ2n) is 13.0. The minimum absolute atomic E-state index is 0.00796. The van der Waals surface area contributed by atoms with Crippen molar-refractivity contribution in [3.05, 3.63) is 52.5 Å². The summed E-state index contributed by atoms with van der Waals surface area (Å²) in [6.45, 7) is 19.0. The summed E-state index contributed by atoms with van der Waals surface area (Å²) in [5.74, 6) is 0.673. The number of aromatic nitrogens is 3. The van der Waals surface area contributed by atoms with E-state index in [1.165, 1.54) is 17.4 Å². The van der Waals surface area contributed by atoms with Crippen LogP contribution in [0.25, 0.3) is 11.0 Å². The molecule has 5 rings (SSSR count). The van der Waals surface area contributed by atoms with Gasteiger partial charge in [-0.1, -0.05) is 47.3 Å². The molecule has 3 aromatic rings. The number of imidazole rings is 1. The van der Waals surface area contributed by atoms with Gasteiger partial charge in [0.05, 0.1) is 22.2 Å². The lowest BCUT2D eigenvalue weighted by molar-refractivity contribution is -0.125. The van der Waals surface area contributed by atoms with E-state index in [-0.39, 0.29) is 34.6 Å². The van der Waals surface area contributed by atoms with E-state index >= 15 is 0 Å². The highest BCUT2D eigenvalue weighted by Crippen LogP contribution is 2.55. The van der Waals surface area contributed by atoms with Crippen LogP contribution in [0.5, 0.6) is 0 Å². The standard InChI is InChI=1S/C31H42N6O2S/c1-8-26(38)36-12-11-31(18-36)14-22(15-31)37-24-10-9-21(16-32-20(4)30(5,6)7)13-23(24)34-29(37)35-27(39)25-17-33-28(40-25)19(2)3/h8-10,13,17,19-20,22,32H,1,11-12,14-16,18H2,2-7H3,(H,34,35,39)/t20-,22-,31+/m0/s1. The molecule has 2 aromatic heterocycles. The van der Waals surface area contributed by atoms with Gasteiger partial charge in [0.2, 0.25) is 11.9 Å². The number of anilines is 1. The average molecular weight is 563 g/mol. The van der Waals surface area contributed by atoms with E-state index in [9.17, 15) is 9.59 Å². The van der Waals surface area contributed by atoms with Gasteiger partial charge in [-0.2, -0.15) is 0 Å². The fourth-order valence-electron chi connectivity index (χ4n) is 5.82. The van der Waals surface area contributed by atoms with Gasteiger partial charge in [0.25, 0.3) is 5.91 Å². The van der Waals surface area contributed by atoms with E-state index < -0.39 is 0 Å². The van der Waals surface area contributed by atoms with Crippen molar-refractivity contribution < 1.29 is 9.59 Å². The summed E-state index contributed by atoms with van der Waals surface area (Å²) in [6, 6.07) is 6.98. The van der Waals surface area contributed by atoms with Crippen LogP contribution >= 0.6 is 11.3 Å². The number of carbonyl (C=O) groups excluding carboxylic acids is 2. The van der Waals surface area contributed by atoms with Crippen molar-refractivity contribution >= 4 is 40.1 Å². The van der Waals surface area contributed by atoms with Crippen molar-refractivity contribution in [3.8, 4) is 0 Å². The molecule has 1 spiro atoms. The first-order chi connectivity index (χ1) is 18.9. The summed E-state index contributed by atoms with van der Waals surface area (Å²) in [6.07, 6.45) is 5.97. The van der Waals surface area contributed by atoms with Crippen LogP contribution in [-0.2, 0) is 11.3 Å². The molecule has 1 saturated heterocycles. The Morgan fingerprint density at radius 2 is 2.00 bits per heavy atom. The van der Waals surface area contributed by atoms with Crippen LogP contribution in [0.2, 0.25) is 0 Å². The third kappa shape index (κ3) is 5.59. The maximum Gasteiger partial charge on any atom is 0.269 e. The zero-order chi connectivity index (χ0) is 28.8. The molecular formula is C31H42N6O2S. The number of rotatable bonds is 8. The van der Waals surface area contributed by atoms with E-state index in [0.29, 0.717) is 16.9 Å². The number of nitrogens with zero attached hydrogens (tertiary/aromatic N) is 4. The molecular weight excluding hydrogens is 520 g/mol. The number of fused-ring (bicyclic) bond motifs is 1. The third-order valence-corrected chi connectivity index (χ3v) is 10.1. The van der Waals surface area contributed by atoms with Crippen molar-refractivity contribution in [2.45, 2.75) is 85.4 Å². The monoisotopic (exact) mass is 562 g/mol. The molecule has 1 atom stereocenters. The van der Waals surface area contributed by atoms with E-state index in [1.54, 1.807) is 6.20 Å². The first-order valence-corrected chi connectivity index (χ1v) is 15.1. The molecule has 214 valence electrons.